The summed E-state index contributed by atoms with van der Waals surface area (Å²) in [5.74, 6) is 0. The summed E-state index contributed by atoms with van der Waals surface area (Å²) in [6.07, 6.45) is 0. The number of nitrogens with zero attached hydrogens (tertiary/aromatic N) is 4. The highest BCUT2D eigenvalue weighted by atomic mass is 32.3. The molecule has 166 valence electrons. The summed E-state index contributed by atoms with van der Waals surface area (Å²) >= 11 is 0. The van der Waals surface area contributed by atoms with Crippen molar-refractivity contribution in [1.29, 1.82) is 0 Å². The fraction of sp³-hybridized carbons (Fsp3) is 0.364. The van der Waals surface area contributed by atoms with Crippen LogP contribution >= 0.6 is 0 Å². The molecule has 1 N–H and O–H groups in total. The summed E-state index contributed by atoms with van der Waals surface area (Å²) in [5, 5.41) is 1.19. The van der Waals surface area contributed by atoms with E-state index in [-0.39, 0.29) is 0 Å². The van der Waals surface area contributed by atoms with Gasteiger partial charge < -0.3 is 9.05 Å². The summed E-state index contributed by atoms with van der Waals surface area (Å²) in [7, 11) is 3.38. The minimum absolute atomic E-state index is 0.870. The van der Waals surface area contributed by atoms with Crippen LogP contribution in [0.3, 0.4) is 0 Å². The molecule has 0 aliphatic carbocycles. The van der Waals surface area contributed by atoms with Crippen LogP contribution in [0.25, 0.3) is 33.1 Å². The Labute approximate surface area is 182 Å². The van der Waals surface area contributed by atoms with Crippen LogP contribution in [0.1, 0.15) is 11.1 Å². The molecule has 0 bridgehead atoms. The molecule has 0 saturated heterocycles. The third kappa shape index (κ3) is 5.37. The van der Waals surface area contributed by atoms with E-state index in [9.17, 15) is 8.42 Å². The SMILES string of the molecule is COS(=O)(=O)O.Cc1cc2nc3c4ccccc4n(CC[N+](C)(C)C)c3nc2cc1C. The van der Waals surface area contributed by atoms with Gasteiger partial charge in [0.2, 0.25) is 0 Å². The molecule has 2 aromatic heterocycles. The van der Waals surface area contributed by atoms with Gasteiger partial charge in [-0.2, -0.15) is 8.42 Å². The smallest absolute Gasteiger partial charge is 0.329 e. The van der Waals surface area contributed by atoms with Crippen LogP contribution in [0, 0.1) is 13.8 Å². The Hall–Kier alpha value is -2.59. The van der Waals surface area contributed by atoms with Gasteiger partial charge in [0.15, 0.2) is 5.65 Å². The van der Waals surface area contributed by atoms with Gasteiger partial charge in [0.25, 0.3) is 0 Å². The van der Waals surface area contributed by atoms with Gasteiger partial charge in [-0.1, -0.05) is 18.2 Å². The average molecular weight is 446 g/mol. The van der Waals surface area contributed by atoms with Crippen molar-refractivity contribution in [3.63, 3.8) is 0 Å². The second-order valence-electron chi connectivity index (χ2n) is 8.60. The standard InChI is InChI=1S/C21H25N4.CH4O4S/c1-14-12-17-18(13-15(14)2)23-21-20(22-17)16-8-6-7-9-19(16)24(21)10-11-25(3,4)5;1-5-6(2,3)4/h6-9,12-13H,10-11H2,1-5H3;1H3,(H,2,3,4)/q+1;. The molecule has 0 spiro atoms. The van der Waals surface area contributed by atoms with Gasteiger partial charge >= 0.3 is 10.4 Å². The van der Waals surface area contributed by atoms with E-state index in [2.05, 4.69) is 80.1 Å². The van der Waals surface area contributed by atoms with Crippen LogP contribution < -0.4 is 0 Å². The maximum atomic E-state index is 9.33. The molecule has 8 nitrogen and oxygen atoms in total. The van der Waals surface area contributed by atoms with E-state index < -0.39 is 10.4 Å². The van der Waals surface area contributed by atoms with Crippen molar-refractivity contribution < 1.29 is 21.6 Å². The molecule has 4 rings (SSSR count). The van der Waals surface area contributed by atoms with Crippen LogP contribution in [-0.2, 0) is 21.1 Å². The van der Waals surface area contributed by atoms with E-state index in [1.54, 1.807) is 0 Å². The Morgan fingerprint density at radius 3 is 2.13 bits per heavy atom. The molecule has 0 saturated carbocycles. The maximum Gasteiger partial charge on any atom is 0.397 e. The lowest BCUT2D eigenvalue weighted by Crippen LogP contribution is -2.37. The molecule has 0 fully saturated rings. The molecule has 0 amide bonds. The Morgan fingerprint density at radius 2 is 1.58 bits per heavy atom. The van der Waals surface area contributed by atoms with Gasteiger partial charge in [-0.25, -0.2) is 9.97 Å². The molecule has 9 heteroatoms. The zero-order chi connectivity index (χ0) is 23.0. The summed E-state index contributed by atoms with van der Waals surface area (Å²) in [5.41, 5.74) is 7.69. The number of fused-ring (bicyclic) bond motifs is 4. The van der Waals surface area contributed by atoms with Gasteiger partial charge in [0, 0.05) is 5.39 Å². The molecule has 31 heavy (non-hydrogen) atoms. The molecule has 2 heterocycles. The second-order valence-corrected chi connectivity index (χ2v) is 9.79. The first-order valence-corrected chi connectivity index (χ1v) is 11.3. The summed E-state index contributed by atoms with van der Waals surface area (Å²) < 4.78 is 33.0. The number of para-hydroxylation sites is 1. The van der Waals surface area contributed by atoms with Crippen molar-refractivity contribution in [3.8, 4) is 0 Å². The quantitative estimate of drug-likeness (QED) is 0.382. The summed E-state index contributed by atoms with van der Waals surface area (Å²) in [6.45, 7) is 6.23. The summed E-state index contributed by atoms with van der Waals surface area (Å²) in [4.78, 5) is 10.00. The molecule has 4 aromatic rings. The largest absolute Gasteiger partial charge is 0.397 e. The number of hydrogen-bond donors (Lipinski definition) is 1. The van der Waals surface area contributed by atoms with Gasteiger partial charge in [0.05, 0.1) is 57.9 Å². The van der Waals surface area contributed by atoms with Crippen molar-refractivity contribution >= 4 is 43.5 Å². The molecular formula is C22H29N4O4S+. The Morgan fingerprint density at radius 1 is 1.03 bits per heavy atom. The third-order valence-electron chi connectivity index (χ3n) is 5.17. The van der Waals surface area contributed by atoms with Crippen molar-refractivity contribution in [2.75, 3.05) is 34.8 Å². The molecule has 0 aliphatic rings. The number of hydrogen-bond acceptors (Lipinski definition) is 5. The topological polar surface area (TPSA) is 94.3 Å². The lowest BCUT2D eigenvalue weighted by molar-refractivity contribution is -0.870. The Bertz CT molecular complexity index is 1360. The zero-order valence-electron chi connectivity index (χ0n) is 18.7. The Balaban J connectivity index is 0.000000401. The predicted octanol–water partition coefficient (Wildman–Crippen LogP) is 3.50. The average Bonchev–Trinajstić information content (AvgIpc) is 2.98. The number of aryl methyl sites for hydroxylation is 2. The molecule has 0 atom stereocenters. The highest BCUT2D eigenvalue weighted by Gasteiger charge is 2.16. The zero-order valence-corrected chi connectivity index (χ0v) is 19.6. The molecule has 0 unspecified atom stereocenters. The predicted molar refractivity (Wildman–Crippen MR) is 123 cm³/mol. The normalized spacial score (nSPS) is 12.4. The number of likely N-dealkylation sites (N-methyl/N-ethyl adjacent to an activating group) is 1. The van der Waals surface area contributed by atoms with Crippen LogP contribution in [-0.4, -0.2) is 66.8 Å². The number of quaternary nitrogens is 1. The van der Waals surface area contributed by atoms with Gasteiger partial charge in [-0.05, 0) is 43.2 Å². The number of benzene rings is 2. The number of aromatic nitrogens is 3. The molecule has 0 aliphatic heterocycles. The third-order valence-corrected chi connectivity index (χ3v) is 5.59. The first-order valence-electron chi connectivity index (χ1n) is 9.89. The Kier molecular flexibility index (Phi) is 6.33. The second kappa shape index (κ2) is 8.51. The lowest BCUT2D eigenvalue weighted by atomic mass is 10.1. The molecule has 2 aromatic carbocycles. The lowest BCUT2D eigenvalue weighted by Gasteiger charge is -2.24. The van der Waals surface area contributed by atoms with Gasteiger partial charge in [-0.3, -0.25) is 8.74 Å². The van der Waals surface area contributed by atoms with E-state index in [0.29, 0.717) is 0 Å². The highest BCUT2D eigenvalue weighted by Crippen LogP contribution is 2.29. The van der Waals surface area contributed by atoms with E-state index in [4.69, 9.17) is 14.5 Å². The first kappa shape index (κ1) is 23.1. The minimum atomic E-state index is -4.16. The van der Waals surface area contributed by atoms with Crippen molar-refractivity contribution in [3.05, 3.63) is 47.5 Å². The first-order chi connectivity index (χ1) is 14.4. The van der Waals surface area contributed by atoms with E-state index >= 15 is 0 Å². The van der Waals surface area contributed by atoms with E-state index in [0.717, 1.165) is 46.9 Å². The van der Waals surface area contributed by atoms with Crippen LogP contribution in [0.15, 0.2) is 36.4 Å². The van der Waals surface area contributed by atoms with E-state index in [1.165, 1.54) is 22.0 Å². The maximum absolute atomic E-state index is 9.33. The summed E-state index contributed by atoms with van der Waals surface area (Å²) in [6, 6.07) is 12.8. The monoisotopic (exact) mass is 445 g/mol. The molecular weight excluding hydrogens is 416 g/mol. The van der Waals surface area contributed by atoms with Crippen LogP contribution in [0.5, 0.6) is 0 Å². The highest BCUT2D eigenvalue weighted by molar-refractivity contribution is 7.80. The minimum Gasteiger partial charge on any atom is -0.329 e. The van der Waals surface area contributed by atoms with Crippen molar-refractivity contribution in [1.82, 2.24) is 14.5 Å². The number of rotatable bonds is 4. The van der Waals surface area contributed by atoms with Crippen LogP contribution in [0.4, 0.5) is 0 Å². The van der Waals surface area contributed by atoms with Crippen molar-refractivity contribution in [2.45, 2.75) is 20.4 Å². The van der Waals surface area contributed by atoms with E-state index in [1.807, 2.05) is 0 Å². The fourth-order valence-corrected chi connectivity index (χ4v) is 3.32. The van der Waals surface area contributed by atoms with Crippen molar-refractivity contribution in [2.24, 2.45) is 0 Å². The van der Waals surface area contributed by atoms with Gasteiger partial charge in [0.1, 0.15) is 5.52 Å². The van der Waals surface area contributed by atoms with Gasteiger partial charge in [-0.15, -0.1) is 0 Å². The van der Waals surface area contributed by atoms with Crippen LogP contribution in [0.2, 0.25) is 0 Å². The fourth-order valence-electron chi connectivity index (χ4n) is 3.32. The molecule has 0 radical (unpaired) electrons.